The van der Waals surface area contributed by atoms with E-state index in [1.165, 1.54) is 17.7 Å². The largest absolute Gasteiger partial charge is 0.352 e. The van der Waals surface area contributed by atoms with Crippen LogP contribution in [0.3, 0.4) is 0 Å². The monoisotopic (exact) mass is 383 g/mol. The Labute approximate surface area is 158 Å². The maximum atomic E-state index is 12.3. The second-order valence-electron chi connectivity index (χ2n) is 6.26. The Morgan fingerprint density at radius 2 is 1.89 bits per heavy atom. The van der Waals surface area contributed by atoms with Gasteiger partial charge in [0.05, 0.1) is 4.90 Å². The predicted molar refractivity (Wildman–Crippen MR) is 103 cm³/mol. The van der Waals surface area contributed by atoms with Crippen LogP contribution in [0, 0.1) is 0 Å². The molecule has 0 aliphatic heterocycles. The predicted octanol–water partition coefficient (Wildman–Crippen LogP) is 2.31. The molecule has 1 heterocycles. The lowest BCUT2D eigenvalue weighted by Crippen LogP contribution is -2.26. The molecular formula is C20H21N3O3S. The summed E-state index contributed by atoms with van der Waals surface area (Å²) < 4.78 is 25.3. The number of hydrogen-bond donors (Lipinski definition) is 1. The summed E-state index contributed by atoms with van der Waals surface area (Å²) in [6, 6.07) is 16.1. The van der Waals surface area contributed by atoms with Gasteiger partial charge in [0.2, 0.25) is 0 Å². The molecule has 0 fully saturated rings. The van der Waals surface area contributed by atoms with Crippen LogP contribution in [-0.4, -0.2) is 36.7 Å². The molecule has 6 nitrogen and oxygen atoms in total. The topological polar surface area (TPSA) is 81.1 Å². The highest BCUT2D eigenvalue weighted by molar-refractivity contribution is 7.90. The van der Waals surface area contributed by atoms with E-state index in [2.05, 4.69) is 22.4 Å². The molecule has 0 aliphatic carbocycles. The number of nitrogens with zero attached hydrogens (tertiary/aromatic N) is 2. The molecule has 0 saturated carbocycles. The van der Waals surface area contributed by atoms with Gasteiger partial charge in [0.1, 0.15) is 5.82 Å². The van der Waals surface area contributed by atoms with Crippen LogP contribution in [-0.2, 0) is 22.8 Å². The van der Waals surface area contributed by atoms with Crippen molar-refractivity contribution in [3.63, 3.8) is 0 Å². The number of amides is 1. The van der Waals surface area contributed by atoms with Gasteiger partial charge in [-0.2, -0.15) is 0 Å². The van der Waals surface area contributed by atoms with E-state index in [0.29, 0.717) is 18.5 Å². The maximum Gasteiger partial charge on any atom is 0.251 e. The summed E-state index contributed by atoms with van der Waals surface area (Å²) in [7, 11) is -3.34. The molecule has 7 heteroatoms. The van der Waals surface area contributed by atoms with Crippen molar-refractivity contribution in [1.29, 1.82) is 0 Å². The summed E-state index contributed by atoms with van der Waals surface area (Å²) in [5, 5.41) is 2.82. The van der Waals surface area contributed by atoms with Crippen molar-refractivity contribution in [3.8, 4) is 0 Å². The molecule has 140 valence electrons. The molecule has 0 bridgehead atoms. The average molecular weight is 383 g/mol. The minimum absolute atomic E-state index is 0.133. The lowest BCUT2D eigenvalue weighted by molar-refractivity contribution is 0.0953. The summed E-state index contributed by atoms with van der Waals surface area (Å²) in [5.74, 6) is 0.575. The number of carbonyl (C=O) groups excluding carboxylic acids is 1. The quantitative estimate of drug-likeness (QED) is 0.679. The number of aromatic nitrogens is 2. The van der Waals surface area contributed by atoms with Gasteiger partial charge in [-0.15, -0.1) is 0 Å². The summed E-state index contributed by atoms with van der Waals surface area (Å²) in [4.78, 5) is 16.8. The van der Waals surface area contributed by atoms with Crippen molar-refractivity contribution >= 4 is 15.7 Å². The zero-order valence-electron chi connectivity index (χ0n) is 15.0. The fraction of sp³-hybridized carbons (Fsp3) is 0.200. The highest BCUT2D eigenvalue weighted by atomic mass is 32.2. The van der Waals surface area contributed by atoms with Gasteiger partial charge in [0, 0.05) is 43.7 Å². The zero-order valence-corrected chi connectivity index (χ0v) is 15.8. The van der Waals surface area contributed by atoms with E-state index >= 15 is 0 Å². The van der Waals surface area contributed by atoms with Gasteiger partial charge in [-0.05, 0) is 23.8 Å². The van der Waals surface area contributed by atoms with Crippen molar-refractivity contribution in [1.82, 2.24) is 14.9 Å². The van der Waals surface area contributed by atoms with Crippen molar-refractivity contribution in [2.45, 2.75) is 17.9 Å². The van der Waals surface area contributed by atoms with E-state index in [4.69, 9.17) is 0 Å². The van der Waals surface area contributed by atoms with Gasteiger partial charge in [0.15, 0.2) is 9.84 Å². The standard InChI is InChI=1S/C20H21N3O3S/c1-27(25,26)18-9-5-8-17(14-18)20(24)22-11-10-19-21-12-13-23(19)15-16-6-3-2-4-7-16/h2-9,12-14H,10-11,15H2,1H3,(H,22,24). The van der Waals surface area contributed by atoms with Gasteiger partial charge in [-0.1, -0.05) is 36.4 Å². The van der Waals surface area contributed by atoms with Crippen molar-refractivity contribution in [2.24, 2.45) is 0 Å². The minimum atomic E-state index is -3.34. The second kappa shape index (κ2) is 8.18. The highest BCUT2D eigenvalue weighted by Crippen LogP contribution is 2.11. The lowest BCUT2D eigenvalue weighted by Gasteiger charge is -2.09. The van der Waals surface area contributed by atoms with E-state index in [9.17, 15) is 13.2 Å². The molecule has 1 amide bonds. The van der Waals surface area contributed by atoms with Crippen LogP contribution < -0.4 is 5.32 Å². The van der Waals surface area contributed by atoms with Crippen LogP contribution in [0.5, 0.6) is 0 Å². The Kier molecular flexibility index (Phi) is 5.71. The first-order valence-electron chi connectivity index (χ1n) is 8.56. The Hall–Kier alpha value is -2.93. The molecule has 1 aromatic heterocycles. The van der Waals surface area contributed by atoms with E-state index in [1.54, 1.807) is 18.3 Å². The average Bonchev–Trinajstić information content (AvgIpc) is 3.09. The van der Waals surface area contributed by atoms with Crippen molar-refractivity contribution in [2.75, 3.05) is 12.8 Å². The molecule has 0 spiro atoms. The summed E-state index contributed by atoms with van der Waals surface area (Å²) >= 11 is 0. The van der Waals surface area contributed by atoms with Crippen LogP contribution in [0.4, 0.5) is 0 Å². The SMILES string of the molecule is CS(=O)(=O)c1cccc(C(=O)NCCc2nccn2Cc2ccccc2)c1. The van der Waals surface area contributed by atoms with Crippen LogP contribution >= 0.6 is 0 Å². The minimum Gasteiger partial charge on any atom is -0.352 e. The maximum absolute atomic E-state index is 12.3. The summed E-state index contributed by atoms with van der Waals surface area (Å²) in [5.41, 5.74) is 1.50. The Morgan fingerprint density at radius 3 is 2.63 bits per heavy atom. The zero-order chi connectivity index (χ0) is 19.3. The third-order valence-electron chi connectivity index (χ3n) is 4.16. The van der Waals surface area contributed by atoms with Gasteiger partial charge in [-0.3, -0.25) is 4.79 Å². The van der Waals surface area contributed by atoms with Gasteiger partial charge >= 0.3 is 0 Å². The number of benzene rings is 2. The number of rotatable bonds is 7. The van der Waals surface area contributed by atoms with E-state index in [0.717, 1.165) is 18.6 Å². The van der Waals surface area contributed by atoms with Crippen LogP contribution in [0.25, 0.3) is 0 Å². The molecule has 1 N–H and O–H groups in total. The van der Waals surface area contributed by atoms with E-state index in [1.807, 2.05) is 29.0 Å². The third kappa shape index (κ3) is 5.04. The fourth-order valence-corrected chi connectivity index (χ4v) is 3.42. The highest BCUT2D eigenvalue weighted by Gasteiger charge is 2.12. The molecule has 3 aromatic rings. The molecule has 3 rings (SSSR count). The van der Waals surface area contributed by atoms with Crippen molar-refractivity contribution in [3.05, 3.63) is 83.9 Å². The van der Waals surface area contributed by atoms with Crippen LogP contribution in [0.1, 0.15) is 21.7 Å². The Bertz CT molecular complexity index is 1030. The van der Waals surface area contributed by atoms with Gasteiger partial charge in [-0.25, -0.2) is 13.4 Å². The van der Waals surface area contributed by atoms with Gasteiger partial charge in [0.25, 0.3) is 5.91 Å². The molecule has 0 aliphatic rings. The van der Waals surface area contributed by atoms with Gasteiger partial charge < -0.3 is 9.88 Å². The van der Waals surface area contributed by atoms with Crippen molar-refractivity contribution < 1.29 is 13.2 Å². The molecule has 2 aromatic carbocycles. The number of carbonyl (C=O) groups is 1. The number of hydrogen-bond acceptors (Lipinski definition) is 4. The summed E-state index contributed by atoms with van der Waals surface area (Å²) in [6.45, 7) is 1.13. The first-order chi connectivity index (χ1) is 12.9. The number of imidazole rings is 1. The van der Waals surface area contributed by atoms with Crippen LogP contribution in [0.15, 0.2) is 71.9 Å². The van der Waals surface area contributed by atoms with Crippen LogP contribution in [0.2, 0.25) is 0 Å². The first kappa shape index (κ1) is 18.8. The lowest BCUT2D eigenvalue weighted by atomic mass is 10.2. The first-order valence-corrected chi connectivity index (χ1v) is 10.4. The Morgan fingerprint density at radius 1 is 1.11 bits per heavy atom. The molecular weight excluding hydrogens is 362 g/mol. The smallest absolute Gasteiger partial charge is 0.251 e. The third-order valence-corrected chi connectivity index (χ3v) is 5.27. The Balaban J connectivity index is 1.59. The molecule has 0 atom stereocenters. The summed E-state index contributed by atoms with van der Waals surface area (Å²) in [6.07, 6.45) is 5.36. The molecule has 27 heavy (non-hydrogen) atoms. The number of nitrogens with one attached hydrogen (secondary N) is 1. The molecule has 0 radical (unpaired) electrons. The van der Waals surface area contributed by atoms with E-state index < -0.39 is 9.84 Å². The van der Waals surface area contributed by atoms with E-state index in [-0.39, 0.29) is 10.8 Å². The fourth-order valence-electron chi connectivity index (χ4n) is 2.75. The second-order valence-corrected chi connectivity index (χ2v) is 8.28. The molecule has 0 saturated heterocycles. The number of sulfone groups is 1. The normalized spacial score (nSPS) is 11.3. The molecule has 0 unspecified atom stereocenters.